The van der Waals surface area contributed by atoms with E-state index in [9.17, 15) is 9.59 Å². The molecule has 0 saturated heterocycles. The van der Waals surface area contributed by atoms with Crippen LogP contribution in [-0.4, -0.2) is 48.6 Å². The van der Waals surface area contributed by atoms with Crippen molar-refractivity contribution in [1.82, 2.24) is 10.2 Å². The molecule has 0 heterocycles. The highest BCUT2D eigenvalue weighted by Crippen LogP contribution is 2.09. The number of carboxylic acid groups (broad SMARTS) is 1. The molecule has 1 unspecified atom stereocenters. The first kappa shape index (κ1) is 15.2. The predicted octanol–water partition coefficient (Wildman–Crippen LogP) is 0.994. The standard InChI is InChI=1S/C14H20N2O3/c1-10(16(2)3)9-15-14(19)12-7-5-4-6-11(12)8-13(17)18/h4-7,10H,8-9H2,1-3H3,(H,15,19)(H,17,18). The van der Waals surface area contributed by atoms with Gasteiger partial charge in [-0.15, -0.1) is 0 Å². The number of nitrogens with one attached hydrogen (secondary N) is 1. The van der Waals surface area contributed by atoms with E-state index in [4.69, 9.17) is 5.11 Å². The molecule has 1 atom stereocenters. The molecule has 0 radical (unpaired) electrons. The van der Waals surface area contributed by atoms with E-state index in [1.54, 1.807) is 24.3 Å². The molecule has 5 heteroatoms. The van der Waals surface area contributed by atoms with E-state index in [0.717, 1.165) is 0 Å². The van der Waals surface area contributed by atoms with Crippen molar-refractivity contribution in [3.8, 4) is 0 Å². The third-order valence-corrected chi connectivity index (χ3v) is 3.04. The van der Waals surface area contributed by atoms with Crippen molar-refractivity contribution in [1.29, 1.82) is 0 Å². The Balaban J connectivity index is 2.74. The Morgan fingerprint density at radius 2 is 1.95 bits per heavy atom. The highest BCUT2D eigenvalue weighted by molar-refractivity contribution is 5.96. The number of carbonyl (C=O) groups excluding carboxylic acids is 1. The first-order chi connectivity index (χ1) is 8.91. The summed E-state index contributed by atoms with van der Waals surface area (Å²) in [7, 11) is 3.88. The maximum Gasteiger partial charge on any atom is 0.307 e. The Kier molecular flexibility index (Phi) is 5.51. The molecule has 0 saturated carbocycles. The quantitative estimate of drug-likeness (QED) is 0.804. The van der Waals surface area contributed by atoms with Crippen molar-refractivity contribution < 1.29 is 14.7 Å². The van der Waals surface area contributed by atoms with Gasteiger partial charge in [0.1, 0.15) is 0 Å². The van der Waals surface area contributed by atoms with Crippen LogP contribution in [0.15, 0.2) is 24.3 Å². The van der Waals surface area contributed by atoms with E-state index in [0.29, 0.717) is 17.7 Å². The van der Waals surface area contributed by atoms with Gasteiger partial charge in [0, 0.05) is 18.2 Å². The molecule has 1 aromatic rings. The minimum Gasteiger partial charge on any atom is -0.481 e. The number of rotatable bonds is 6. The van der Waals surface area contributed by atoms with Crippen LogP contribution in [0.4, 0.5) is 0 Å². The van der Waals surface area contributed by atoms with Gasteiger partial charge in [0.2, 0.25) is 0 Å². The number of aliphatic carboxylic acids is 1. The second-order valence-corrected chi connectivity index (χ2v) is 4.75. The third-order valence-electron chi connectivity index (χ3n) is 3.04. The van der Waals surface area contributed by atoms with Gasteiger partial charge in [-0.25, -0.2) is 0 Å². The molecule has 19 heavy (non-hydrogen) atoms. The fourth-order valence-electron chi connectivity index (χ4n) is 1.58. The molecule has 5 nitrogen and oxygen atoms in total. The fraction of sp³-hybridized carbons (Fsp3) is 0.429. The Bertz CT molecular complexity index is 458. The summed E-state index contributed by atoms with van der Waals surface area (Å²) >= 11 is 0. The molecule has 0 aliphatic carbocycles. The van der Waals surface area contributed by atoms with Gasteiger partial charge in [0.15, 0.2) is 0 Å². The molecule has 1 rings (SSSR count). The van der Waals surface area contributed by atoms with Crippen molar-refractivity contribution in [3.63, 3.8) is 0 Å². The van der Waals surface area contributed by atoms with Crippen molar-refractivity contribution in [3.05, 3.63) is 35.4 Å². The molecule has 0 bridgehead atoms. The smallest absolute Gasteiger partial charge is 0.307 e. The summed E-state index contributed by atoms with van der Waals surface area (Å²) in [5, 5.41) is 11.6. The van der Waals surface area contributed by atoms with Gasteiger partial charge in [-0.05, 0) is 32.6 Å². The zero-order chi connectivity index (χ0) is 14.4. The molecule has 0 spiro atoms. The predicted molar refractivity (Wildman–Crippen MR) is 73.3 cm³/mol. The molecule has 104 valence electrons. The van der Waals surface area contributed by atoms with Gasteiger partial charge < -0.3 is 15.3 Å². The number of nitrogens with zero attached hydrogens (tertiary/aromatic N) is 1. The van der Waals surface area contributed by atoms with Crippen LogP contribution in [0.5, 0.6) is 0 Å². The van der Waals surface area contributed by atoms with Gasteiger partial charge in [-0.3, -0.25) is 9.59 Å². The molecule has 1 amide bonds. The highest BCUT2D eigenvalue weighted by Gasteiger charge is 2.14. The minimum atomic E-state index is -0.943. The fourth-order valence-corrected chi connectivity index (χ4v) is 1.58. The Morgan fingerprint density at radius 3 is 2.53 bits per heavy atom. The van der Waals surface area contributed by atoms with Gasteiger partial charge in [-0.2, -0.15) is 0 Å². The lowest BCUT2D eigenvalue weighted by molar-refractivity contribution is -0.136. The first-order valence-electron chi connectivity index (χ1n) is 6.16. The number of hydrogen-bond donors (Lipinski definition) is 2. The molecule has 0 aromatic heterocycles. The van der Waals surface area contributed by atoms with Crippen LogP contribution in [-0.2, 0) is 11.2 Å². The largest absolute Gasteiger partial charge is 0.481 e. The lowest BCUT2D eigenvalue weighted by atomic mass is 10.0. The van der Waals surface area contributed by atoms with E-state index < -0.39 is 5.97 Å². The van der Waals surface area contributed by atoms with Gasteiger partial charge in [0.25, 0.3) is 5.91 Å². The highest BCUT2D eigenvalue weighted by atomic mass is 16.4. The topological polar surface area (TPSA) is 69.6 Å². The van der Waals surface area contributed by atoms with Crippen LogP contribution in [0.3, 0.4) is 0 Å². The summed E-state index contributed by atoms with van der Waals surface area (Å²) < 4.78 is 0. The van der Waals surface area contributed by atoms with Crippen molar-refractivity contribution in [2.75, 3.05) is 20.6 Å². The summed E-state index contributed by atoms with van der Waals surface area (Å²) in [5.74, 6) is -1.17. The van der Waals surface area contributed by atoms with Crippen LogP contribution in [0.1, 0.15) is 22.8 Å². The third kappa shape index (κ3) is 4.71. The van der Waals surface area contributed by atoms with E-state index in [1.165, 1.54) is 0 Å². The van der Waals surface area contributed by atoms with Crippen LogP contribution in [0.25, 0.3) is 0 Å². The number of carbonyl (C=O) groups is 2. The molecule has 0 fully saturated rings. The van der Waals surface area contributed by atoms with Crippen molar-refractivity contribution >= 4 is 11.9 Å². The van der Waals surface area contributed by atoms with Gasteiger partial charge >= 0.3 is 5.97 Å². The second kappa shape index (κ2) is 6.89. The summed E-state index contributed by atoms with van der Waals surface area (Å²) in [6, 6.07) is 7.00. The maximum atomic E-state index is 12.1. The van der Waals surface area contributed by atoms with Crippen LogP contribution < -0.4 is 5.32 Å². The monoisotopic (exact) mass is 264 g/mol. The second-order valence-electron chi connectivity index (χ2n) is 4.75. The number of hydrogen-bond acceptors (Lipinski definition) is 3. The van der Waals surface area contributed by atoms with E-state index in [1.807, 2.05) is 25.9 Å². The van der Waals surface area contributed by atoms with Crippen LogP contribution >= 0.6 is 0 Å². The molecular formula is C14H20N2O3. The van der Waals surface area contributed by atoms with E-state index in [2.05, 4.69) is 5.32 Å². The van der Waals surface area contributed by atoms with Crippen molar-refractivity contribution in [2.45, 2.75) is 19.4 Å². The molecule has 0 aliphatic heterocycles. The van der Waals surface area contributed by atoms with Gasteiger partial charge in [0.05, 0.1) is 6.42 Å². The molecular weight excluding hydrogens is 244 g/mol. The number of amides is 1. The first-order valence-corrected chi connectivity index (χ1v) is 6.16. The zero-order valence-electron chi connectivity index (χ0n) is 11.5. The Hall–Kier alpha value is -1.88. The maximum absolute atomic E-state index is 12.1. The Morgan fingerprint density at radius 1 is 1.32 bits per heavy atom. The average molecular weight is 264 g/mol. The summed E-state index contributed by atoms with van der Waals surface area (Å²) in [5.41, 5.74) is 0.959. The minimum absolute atomic E-state index is 0.146. The SMILES string of the molecule is CC(CNC(=O)c1ccccc1CC(=O)O)N(C)C. The molecule has 1 aromatic carbocycles. The van der Waals surface area contributed by atoms with Crippen LogP contribution in [0, 0.1) is 0 Å². The number of benzene rings is 1. The van der Waals surface area contributed by atoms with Gasteiger partial charge in [-0.1, -0.05) is 18.2 Å². The number of likely N-dealkylation sites (N-methyl/N-ethyl adjacent to an activating group) is 1. The Labute approximate surface area is 113 Å². The van der Waals surface area contributed by atoms with Crippen molar-refractivity contribution in [2.24, 2.45) is 0 Å². The van der Waals surface area contributed by atoms with Crippen LogP contribution in [0.2, 0.25) is 0 Å². The average Bonchev–Trinajstić information content (AvgIpc) is 2.35. The van der Waals surface area contributed by atoms with E-state index >= 15 is 0 Å². The van der Waals surface area contributed by atoms with E-state index in [-0.39, 0.29) is 18.4 Å². The molecule has 2 N–H and O–H groups in total. The lowest BCUT2D eigenvalue weighted by Crippen LogP contribution is -2.38. The summed E-state index contributed by atoms with van der Waals surface area (Å²) in [4.78, 5) is 24.8. The zero-order valence-corrected chi connectivity index (χ0v) is 11.5. The summed E-state index contributed by atoms with van der Waals surface area (Å²) in [6.45, 7) is 2.52. The number of carboxylic acids is 1. The lowest BCUT2D eigenvalue weighted by Gasteiger charge is -2.20. The normalized spacial score (nSPS) is 12.2. The summed E-state index contributed by atoms with van der Waals surface area (Å²) in [6.07, 6.45) is -0.146. The molecule has 0 aliphatic rings.